The molecule has 96 valence electrons. The number of thioether (sulfide) groups is 1. The molecule has 0 aliphatic carbocycles. The lowest BCUT2D eigenvalue weighted by atomic mass is 10.0. The Morgan fingerprint density at radius 3 is 3.18 bits per heavy atom. The minimum absolute atomic E-state index is 0.0869. The lowest BCUT2D eigenvalue weighted by molar-refractivity contribution is 0.410. The SMILES string of the molecule is CCCn1c(SCC2CCCNC2)n[nH]c1=O. The van der Waals surface area contributed by atoms with Gasteiger partial charge in [-0.05, 0) is 38.3 Å². The third-order valence-electron chi connectivity index (χ3n) is 3.02. The number of piperidine rings is 1. The van der Waals surface area contributed by atoms with Crippen LogP contribution in [0.1, 0.15) is 26.2 Å². The molecule has 5 nitrogen and oxygen atoms in total. The van der Waals surface area contributed by atoms with Crippen molar-refractivity contribution in [1.82, 2.24) is 20.1 Å². The summed E-state index contributed by atoms with van der Waals surface area (Å²) in [5, 5.41) is 10.9. The van der Waals surface area contributed by atoms with Gasteiger partial charge in [-0.1, -0.05) is 18.7 Å². The zero-order chi connectivity index (χ0) is 12.1. The van der Waals surface area contributed by atoms with Crippen molar-refractivity contribution in [3.8, 4) is 0 Å². The minimum atomic E-state index is -0.0869. The van der Waals surface area contributed by atoms with Gasteiger partial charge in [-0.3, -0.25) is 4.57 Å². The third-order valence-corrected chi connectivity index (χ3v) is 4.23. The van der Waals surface area contributed by atoms with E-state index in [1.165, 1.54) is 12.8 Å². The Kier molecular flexibility index (Phi) is 4.67. The van der Waals surface area contributed by atoms with Crippen molar-refractivity contribution in [1.29, 1.82) is 0 Å². The van der Waals surface area contributed by atoms with Gasteiger partial charge in [0.05, 0.1) is 0 Å². The molecule has 1 atom stereocenters. The zero-order valence-electron chi connectivity index (χ0n) is 10.2. The number of aromatic nitrogens is 3. The maximum Gasteiger partial charge on any atom is 0.343 e. The second-order valence-corrected chi connectivity index (χ2v) is 5.47. The number of hydrogen-bond acceptors (Lipinski definition) is 4. The van der Waals surface area contributed by atoms with Gasteiger partial charge in [-0.2, -0.15) is 0 Å². The molecular formula is C11H20N4OS. The highest BCUT2D eigenvalue weighted by molar-refractivity contribution is 7.99. The van der Waals surface area contributed by atoms with Crippen LogP contribution >= 0.6 is 11.8 Å². The highest BCUT2D eigenvalue weighted by atomic mass is 32.2. The molecule has 1 aliphatic heterocycles. The lowest BCUT2D eigenvalue weighted by Gasteiger charge is -2.21. The predicted octanol–water partition coefficient (Wildman–Crippen LogP) is 1.07. The summed E-state index contributed by atoms with van der Waals surface area (Å²) >= 11 is 1.69. The van der Waals surface area contributed by atoms with Gasteiger partial charge in [0, 0.05) is 12.3 Å². The highest BCUT2D eigenvalue weighted by Gasteiger charge is 2.15. The van der Waals surface area contributed by atoms with E-state index < -0.39 is 0 Å². The van der Waals surface area contributed by atoms with E-state index in [2.05, 4.69) is 22.4 Å². The first-order chi connectivity index (χ1) is 8.31. The van der Waals surface area contributed by atoms with Crippen LogP contribution in [-0.2, 0) is 6.54 Å². The summed E-state index contributed by atoms with van der Waals surface area (Å²) in [6.45, 7) is 5.05. The fraction of sp³-hybridized carbons (Fsp3) is 0.818. The van der Waals surface area contributed by atoms with E-state index in [0.29, 0.717) is 5.92 Å². The molecule has 0 amide bonds. The molecule has 0 aromatic carbocycles. The van der Waals surface area contributed by atoms with Crippen LogP contribution in [0.25, 0.3) is 0 Å². The second kappa shape index (κ2) is 6.26. The van der Waals surface area contributed by atoms with Gasteiger partial charge in [0.15, 0.2) is 5.16 Å². The summed E-state index contributed by atoms with van der Waals surface area (Å²) in [4.78, 5) is 11.5. The quantitative estimate of drug-likeness (QED) is 0.774. The van der Waals surface area contributed by atoms with Gasteiger partial charge < -0.3 is 5.32 Å². The highest BCUT2D eigenvalue weighted by Crippen LogP contribution is 2.21. The van der Waals surface area contributed by atoms with E-state index >= 15 is 0 Å². The van der Waals surface area contributed by atoms with E-state index in [1.54, 1.807) is 16.3 Å². The molecule has 1 aromatic rings. The molecular weight excluding hydrogens is 236 g/mol. The fourth-order valence-electron chi connectivity index (χ4n) is 2.09. The van der Waals surface area contributed by atoms with Crippen LogP contribution in [0.5, 0.6) is 0 Å². The van der Waals surface area contributed by atoms with Crippen LogP contribution < -0.4 is 11.0 Å². The van der Waals surface area contributed by atoms with Crippen LogP contribution in [0.15, 0.2) is 9.95 Å². The monoisotopic (exact) mass is 256 g/mol. The number of hydrogen-bond donors (Lipinski definition) is 2. The molecule has 17 heavy (non-hydrogen) atoms. The first-order valence-corrected chi connectivity index (χ1v) is 7.28. The Morgan fingerprint density at radius 2 is 2.47 bits per heavy atom. The van der Waals surface area contributed by atoms with Crippen LogP contribution in [0, 0.1) is 5.92 Å². The fourth-order valence-corrected chi connectivity index (χ4v) is 3.20. The summed E-state index contributed by atoms with van der Waals surface area (Å²) in [5.41, 5.74) is -0.0869. The first-order valence-electron chi connectivity index (χ1n) is 6.30. The molecule has 6 heteroatoms. The van der Waals surface area contributed by atoms with Gasteiger partial charge in [-0.25, -0.2) is 9.89 Å². The zero-order valence-corrected chi connectivity index (χ0v) is 11.1. The normalized spacial score (nSPS) is 20.6. The van der Waals surface area contributed by atoms with E-state index in [-0.39, 0.29) is 5.69 Å². The van der Waals surface area contributed by atoms with E-state index in [4.69, 9.17) is 0 Å². The Bertz CT molecular complexity index is 394. The van der Waals surface area contributed by atoms with Crippen molar-refractivity contribution in [3.63, 3.8) is 0 Å². The third kappa shape index (κ3) is 3.35. The second-order valence-electron chi connectivity index (χ2n) is 4.49. The summed E-state index contributed by atoms with van der Waals surface area (Å²) in [7, 11) is 0. The standard InChI is InChI=1S/C11H20N4OS/c1-2-6-15-10(16)13-14-11(15)17-8-9-4-3-5-12-7-9/h9,12H,2-8H2,1H3,(H,13,16). The van der Waals surface area contributed by atoms with Crippen LogP contribution in [0.3, 0.4) is 0 Å². The maximum atomic E-state index is 11.5. The Hall–Kier alpha value is -0.750. The van der Waals surface area contributed by atoms with E-state index in [0.717, 1.165) is 37.0 Å². The Balaban J connectivity index is 1.91. The van der Waals surface area contributed by atoms with Gasteiger partial charge in [-0.15, -0.1) is 5.10 Å². The Labute approximate surface area is 105 Å². The van der Waals surface area contributed by atoms with Gasteiger partial charge in [0.2, 0.25) is 0 Å². The molecule has 1 aromatic heterocycles. The summed E-state index contributed by atoms with van der Waals surface area (Å²) < 4.78 is 1.74. The van der Waals surface area contributed by atoms with E-state index in [9.17, 15) is 4.79 Å². The molecule has 2 N–H and O–H groups in total. The van der Waals surface area contributed by atoms with Crippen LogP contribution in [0.4, 0.5) is 0 Å². The molecule has 0 bridgehead atoms. The molecule has 1 aliphatic rings. The molecule has 0 radical (unpaired) electrons. The lowest BCUT2D eigenvalue weighted by Crippen LogP contribution is -2.31. The summed E-state index contributed by atoms with van der Waals surface area (Å²) in [5.74, 6) is 1.75. The van der Waals surface area contributed by atoms with Crippen LogP contribution in [0.2, 0.25) is 0 Å². The minimum Gasteiger partial charge on any atom is -0.316 e. The van der Waals surface area contributed by atoms with Crippen molar-refractivity contribution in [2.75, 3.05) is 18.8 Å². The maximum absolute atomic E-state index is 11.5. The number of nitrogens with zero attached hydrogens (tertiary/aromatic N) is 2. The molecule has 2 heterocycles. The summed E-state index contributed by atoms with van der Waals surface area (Å²) in [6, 6.07) is 0. The van der Waals surface area contributed by atoms with Crippen molar-refractivity contribution in [3.05, 3.63) is 10.5 Å². The predicted molar refractivity (Wildman–Crippen MR) is 69.5 cm³/mol. The average molecular weight is 256 g/mol. The van der Waals surface area contributed by atoms with Gasteiger partial charge in [0.1, 0.15) is 0 Å². The molecule has 1 saturated heterocycles. The molecule has 0 saturated carbocycles. The number of H-pyrrole nitrogens is 1. The van der Waals surface area contributed by atoms with Crippen molar-refractivity contribution in [2.45, 2.75) is 37.9 Å². The van der Waals surface area contributed by atoms with Gasteiger partial charge in [0.25, 0.3) is 0 Å². The average Bonchev–Trinajstić information content (AvgIpc) is 2.70. The number of aromatic amines is 1. The molecule has 1 fully saturated rings. The molecule has 1 unspecified atom stereocenters. The Morgan fingerprint density at radius 1 is 1.59 bits per heavy atom. The molecule has 0 spiro atoms. The van der Waals surface area contributed by atoms with Crippen molar-refractivity contribution in [2.24, 2.45) is 5.92 Å². The van der Waals surface area contributed by atoms with Crippen molar-refractivity contribution >= 4 is 11.8 Å². The molecule has 2 rings (SSSR count). The topological polar surface area (TPSA) is 62.7 Å². The van der Waals surface area contributed by atoms with Crippen LogP contribution in [-0.4, -0.2) is 33.6 Å². The summed E-state index contributed by atoms with van der Waals surface area (Å²) in [6.07, 6.45) is 3.49. The first kappa shape index (κ1) is 12.7. The van der Waals surface area contributed by atoms with Crippen molar-refractivity contribution < 1.29 is 0 Å². The largest absolute Gasteiger partial charge is 0.343 e. The van der Waals surface area contributed by atoms with Gasteiger partial charge >= 0.3 is 5.69 Å². The smallest absolute Gasteiger partial charge is 0.316 e. The number of nitrogens with one attached hydrogen (secondary N) is 2. The van der Waals surface area contributed by atoms with E-state index in [1.807, 2.05) is 0 Å². The number of rotatable bonds is 5.